The molecule has 13 nitrogen and oxygen atoms in total. The van der Waals surface area contributed by atoms with Crippen LogP contribution in [0.2, 0.25) is 10.0 Å². The van der Waals surface area contributed by atoms with Crippen LogP contribution in [0.25, 0.3) is 67.1 Å². The Morgan fingerprint density at radius 1 is 0.722 bits per heavy atom. The molecule has 0 radical (unpaired) electrons. The monoisotopic (exact) mass is 1150 g/mol. The third-order valence-corrected chi connectivity index (χ3v) is 11.7. The van der Waals surface area contributed by atoms with E-state index >= 15 is 0 Å². The summed E-state index contributed by atoms with van der Waals surface area (Å²) in [6, 6.07) is 16.5. The normalized spacial score (nSPS) is 11.5. The highest BCUT2D eigenvalue weighted by Gasteiger charge is 2.43. The topological polar surface area (TPSA) is 184 Å². The van der Waals surface area contributed by atoms with Crippen LogP contribution in [0.3, 0.4) is 0 Å². The Bertz CT molecular complexity index is 3450. The number of hydrogen-bond donors (Lipinski definition) is 3. The molecule has 372 valence electrons. The Hall–Kier alpha value is -7.13. The summed E-state index contributed by atoms with van der Waals surface area (Å²) in [6.07, 6.45) is -8.20. The van der Waals surface area contributed by atoms with E-state index in [9.17, 15) is 53.8 Å². The number of thiocarbonyl (C=S) groups is 1. The predicted molar refractivity (Wildman–Crippen MR) is 249 cm³/mol. The number of halogens is 13. The maximum Gasteiger partial charge on any atom is 0.434 e. The minimum absolute atomic E-state index is 0.000278. The van der Waals surface area contributed by atoms with Crippen LogP contribution >= 0.6 is 62.7 Å². The molecular weight excluding hydrogens is 1130 g/mol. The van der Waals surface area contributed by atoms with E-state index < -0.39 is 86.5 Å². The number of aromatic nitrogens is 7. The molecule has 4 N–H and O–H groups in total. The average Bonchev–Trinajstić information content (AvgIpc) is 4.16. The lowest BCUT2D eigenvalue weighted by atomic mass is 10.0. The van der Waals surface area contributed by atoms with E-state index in [0.29, 0.717) is 9.36 Å². The first kappa shape index (κ1) is 52.7. The lowest BCUT2D eigenvalue weighted by molar-refractivity contribution is -0.143. The van der Waals surface area contributed by atoms with Gasteiger partial charge in [-0.25, -0.2) is 31.9 Å². The Labute approximate surface area is 423 Å². The van der Waals surface area contributed by atoms with Crippen molar-refractivity contribution in [1.82, 2.24) is 34.9 Å². The molecule has 4 aromatic carbocycles. The quantitative estimate of drug-likeness (QED) is 0.0707. The molecule has 5 aromatic heterocycles. The molecule has 5 heterocycles. The van der Waals surface area contributed by atoms with Crippen molar-refractivity contribution in [2.45, 2.75) is 12.4 Å². The van der Waals surface area contributed by atoms with Crippen molar-refractivity contribution < 1.29 is 68.0 Å². The highest BCUT2D eigenvalue weighted by molar-refractivity contribution is 9.09. The van der Waals surface area contributed by atoms with Gasteiger partial charge in [0.2, 0.25) is 5.88 Å². The number of aliphatic carboxylic acids is 1. The molecular formula is C44H23BrCl2F10N8O5S2. The number of rotatable bonds is 9. The molecule has 0 fully saturated rings. The van der Waals surface area contributed by atoms with Crippen molar-refractivity contribution in [2.75, 3.05) is 5.33 Å². The van der Waals surface area contributed by atoms with Crippen LogP contribution < -0.4 is 5.73 Å². The number of aromatic hydroxyl groups is 1. The smallest absolute Gasteiger partial charge is 0.434 e. The van der Waals surface area contributed by atoms with Gasteiger partial charge in [0.25, 0.3) is 0 Å². The molecule has 72 heavy (non-hydrogen) atoms. The third-order valence-electron chi connectivity index (χ3n) is 9.52. The molecule has 0 bridgehead atoms. The Kier molecular flexibility index (Phi) is 15.6. The van der Waals surface area contributed by atoms with Crippen molar-refractivity contribution >= 4 is 73.6 Å². The van der Waals surface area contributed by atoms with Crippen molar-refractivity contribution in [3.63, 3.8) is 0 Å². The minimum atomic E-state index is -4.97. The van der Waals surface area contributed by atoms with Gasteiger partial charge in [0.1, 0.15) is 50.0 Å². The van der Waals surface area contributed by atoms with Crippen molar-refractivity contribution in [3.8, 4) is 73.0 Å². The number of benzene rings is 4. The van der Waals surface area contributed by atoms with Crippen LogP contribution in [0.5, 0.6) is 5.88 Å². The number of carbonyl (C=O) groups is 1. The van der Waals surface area contributed by atoms with Crippen molar-refractivity contribution in [2.24, 2.45) is 5.73 Å². The zero-order valence-electron chi connectivity index (χ0n) is 35.1. The number of carboxylic acid groups (broad SMARTS) is 1. The average molecular weight is 1150 g/mol. The van der Waals surface area contributed by atoms with Crippen LogP contribution in [-0.4, -0.2) is 61.4 Å². The summed E-state index contributed by atoms with van der Waals surface area (Å²) >= 11 is 20.8. The van der Waals surface area contributed by atoms with Gasteiger partial charge >= 0.3 is 18.3 Å². The van der Waals surface area contributed by atoms with E-state index in [0.717, 1.165) is 60.1 Å². The largest absolute Gasteiger partial charge is 0.493 e. The second kappa shape index (κ2) is 21.3. The molecule has 9 rings (SSSR count). The Morgan fingerprint density at radius 2 is 1.17 bits per heavy atom. The van der Waals surface area contributed by atoms with E-state index in [4.69, 9.17) is 55.3 Å². The van der Waals surface area contributed by atoms with Gasteiger partial charge in [-0.2, -0.15) is 36.5 Å². The first-order chi connectivity index (χ1) is 34.0. The zero-order valence-corrected chi connectivity index (χ0v) is 39.8. The molecule has 0 unspecified atom stereocenters. The molecule has 0 aliphatic heterocycles. The first-order valence-electron chi connectivity index (χ1n) is 19.4. The number of hydrogen-bond acceptors (Lipinski definition) is 11. The zero-order chi connectivity index (χ0) is 52.4. The number of nitrogens with zero attached hydrogens (tertiary/aromatic N) is 7. The fourth-order valence-corrected chi connectivity index (χ4v) is 8.14. The molecule has 28 heteroatoms. The Morgan fingerprint density at radius 3 is 1.58 bits per heavy atom. The third kappa shape index (κ3) is 11.0. The van der Waals surface area contributed by atoms with Gasteiger partial charge in [0.15, 0.2) is 22.9 Å². The second-order valence-electron chi connectivity index (χ2n) is 14.2. The SMILES string of the molecule is NC(=S)c1c(-c2c(F)cccc2Cl)noc1-c1cnn(-c2cccc(F)c2)c1C(F)(F)F.O=C(O)CBr.Oc1csc(-c2c(-c3c(F)cccc3Cl)noc2-c2cnn(-c3cccc(F)c3)c2C(F)(F)F)n1. The lowest BCUT2D eigenvalue weighted by Crippen LogP contribution is -2.16. The number of thiazole rings is 1. The summed E-state index contributed by atoms with van der Waals surface area (Å²) in [5.41, 5.74) is 0.339. The summed E-state index contributed by atoms with van der Waals surface area (Å²) in [5.74, 6) is -5.28. The number of alkyl halides is 7. The van der Waals surface area contributed by atoms with Gasteiger partial charge < -0.3 is 25.0 Å². The van der Waals surface area contributed by atoms with Gasteiger partial charge in [-0.05, 0) is 60.7 Å². The summed E-state index contributed by atoms with van der Waals surface area (Å²) < 4.78 is 153. The van der Waals surface area contributed by atoms with Crippen LogP contribution in [0, 0.1) is 23.3 Å². The van der Waals surface area contributed by atoms with E-state index in [1.807, 2.05) is 0 Å². The molecule has 0 spiro atoms. The Balaban J connectivity index is 0.000000194. The molecule has 0 amide bonds. The lowest BCUT2D eigenvalue weighted by Gasteiger charge is -2.12. The highest BCUT2D eigenvalue weighted by atomic mass is 79.9. The van der Waals surface area contributed by atoms with Gasteiger partial charge in [0.05, 0.1) is 72.6 Å². The van der Waals surface area contributed by atoms with E-state index in [1.165, 1.54) is 53.9 Å². The summed E-state index contributed by atoms with van der Waals surface area (Å²) in [6.45, 7) is 0. The van der Waals surface area contributed by atoms with Crippen LogP contribution in [0.4, 0.5) is 43.9 Å². The maximum atomic E-state index is 14.7. The van der Waals surface area contributed by atoms with Gasteiger partial charge in [0, 0.05) is 0 Å². The van der Waals surface area contributed by atoms with E-state index in [1.54, 1.807) is 0 Å². The predicted octanol–water partition coefficient (Wildman–Crippen LogP) is 13.2. The molecule has 0 saturated carbocycles. The molecule has 0 aliphatic carbocycles. The van der Waals surface area contributed by atoms with Crippen molar-refractivity contribution in [3.05, 3.63) is 153 Å². The molecule has 0 aliphatic rings. The second-order valence-corrected chi connectivity index (χ2v) is 16.8. The van der Waals surface area contributed by atoms with E-state index in [2.05, 4.69) is 41.4 Å². The summed E-state index contributed by atoms with van der Waals surface area (Å²) in [7, 11) is 0. The number of carboxylic acids is 1. The maximum absolute atomic E-state index is 14.7. The molecule has 0 atom stereocenters. The van der Waals surface area contributed by atoms with E-state index in [-0.39, 0.29) is 65.4 Å². The number of nitrogens with two attached hydrogens (primary N) is 1. The fraction of sp³-hybridized carbons (Fsp3) is 0.0682. The van der Waals surface area contributed by atoms with Gasteiger partial charge in [-0.1, -0.05) is 85.9 Å². The van der Waals surface area contributed by atoms with Crippen LogP contribution in [0.1, 0.15) is 17.0 Å². The highest BCUT2D eigenvalue weighted by Crippen LogP contribution is 2.48. The van der Waals surface area contributed by atoms with Crippen LogP contribution in [0.15, 0.2) is 112 Å². The molecule has 0 saturated heterocycles. The van der Waals surface area contributed by atoms with Gasteiger partial charge in [-0.15, -0.1) is 11.3 Å². The summed E-state index contributed by atoms with van der Waals surface area (Å²) in [4.78, 5) is 12.8. The minimum Gasteiger partial charge on any atom is -0.493 e. The summed E-state index contributed by atoms with van der Waals surface area (Å²) in [5, 5.41) is 33.6. The van der Waals surface area contributed by atoms with Gasteiger partial charge in [-0.3, -0.25) is 4.79 Å². The van der Waals surface area contributed by atoms with Crippen LogP contribution in [-0.2, 0) is 17.1 Å². The van der Waals surface area contributed by atoms with Crippen molar-refractivity contribution in [1.29, 1.82) is 0 Å². The standard InChI is InChI=1S/C22H10ClF5N4O2S.C20H10ClF5N4OS.C2H3BrO2/c23-13-5-2-6-14(25)16(13)18-17(21-30-15(33)9-35-21)19(34-31-18)12-8-29-32(20(12)22(26,27)28)11-4-1-3-10(24)7-11;21-12-5-2-6-13(23)14(12)16-15(19(27)32)17(31-29-16)11-8-28-30(18(11)20(24,25)26)10-4-1-3-9(22)7-10;3-1-2(4)5/h1-9,33H;1-8H,(H2,27,32);1H2,(H,4,5). The molecule has 9 aromatic rings. The first-order valence-corrected chi connectivity index (χ1v) is 22.6. The fourth-order valence-electron chi connectivity index (χ4n) is 6.73.